The van der Waals surface area contributed by atoms with Gasteiger partial charge in [-0.2, -0.15) is 5.10 Å². The minimum Gasteiger partial charge on any atom is -0.490 e. The summed E-state index contributed by atoms with van der Waals surface area (Å²) in [7, 11) is 3.74. The van der Waals surface area contributed by atoms with Crippen molar-refractivity contribution in [3.8, 4) is 11.4 Å². The number of ether oxygens (including phenoxy) is 1. The number of nitrogens with one attached hydrogen (secondary N) is 1. The van der Waals surface area contributed by atoms with E-state index in [1.807, 2.05) is 56.3 Å². The normalized spacial score (nSPS) is 10.5. The molecule has 0 aliphatic carbocycles. The zero-order chi connectivity index (χ0) is 19.4. The van der Waals surface area contributed by atoms with Gasteiger partial charge in [-0.25, -0.2) is 4.68 Å². The second kappa shape index (κ2) is 8.14. The lowest BCUT2D eigenvalue weighted by molar-refractivity contribution is 0.101. The summed E-state index contributed by atoms with van der Waals surface area (Å²) in [6.07, 6.45) is 1.71. The highest BCUT2D eigenvalue weighted by molar-refractivity contribution is 6.34. The van der Waals surface area contributed by atoms with E-state index >= 15 is 0 Å². The number of hydrogen-bond acceptors (Lipinski definition) is 4. The van der Waals surface area contributed by atoms with E-state index in [1.54, 1.807) is 29.1 Å². The Morgan fingerprint density at radius 1 is 1.19 bits per heavy atom. The Hall–Kier alpha value is -2.99. The van der Waals surface area contributed by atoms with E-state index in [2.05, 4.69) is 10.4 Å². The summed E-state index contributed by atoms with van der Waals surface area (Å²) in [5.41, 5.74) is 2.39. The zero-order valence-electron chi connectivity index (χ0n) is 15.4. The van der Waals surface area contributed by atoms with Crippen molar-refractivity contribution in [3.05, 3.63) is 65.4 Å². The summed E-state index contributed by atoms with van der Waals surface area (Å²) >= 11 is 6.28. The Labute approximate surface area is 163 Å². The van der Waals surface area contributed by atoms with Gasteiger partial charge in [0.15, 0.2) is 11.4 Å². The molecule has 0 unspecified atom stereocenters. The van der Waals surface area contributed by atoms with Gasteiger partial charge in [-0.05, 0) is 31.2 Å². The molecule has 140 valence electrons. The van der Waals surface area contributed by atoms with Crippen LogP contribution in [0.1, 0.15) is 17.4 Å². The third-order valence-corrected chi connectivity index (χ3v) is 4.20. The van der Waals surface area contributed by atoms with Crippen molar-refractivity contribution in [1.82, 2.24) is 9.78 Å². The van der Waals surface area contributed by atoms with Crippen LogP contribution in [0.4, 0.5) is 11.4 Å². The van der Waals surface area contributed by atoms with Crippen molar-refractivity contribution in [2.75, 3.05) is 30.9 Å². The minimum absolute atomic E-state index is 0.213. The Morgan fingerprint density at radius 2 is 1.93 bits per heavy atom. The number of carbonyl (C=O) groups is 1. The number of carbonyl (C=O) groups excluding carboxylic acids is 1. The molecule has 0 fully saturated rings. The van der Waals surface area contributed by atoms with Gasteiger partial charge in [0, 0.05) is 14.1 Å². The van der Waals surface area contributed by atoms with Gasteiger partial charge in [-0.15, -0.1) is 0 Å². The van der Waals surface area contributed by atoms with Crippen LogP contribution in [0, 0.1) is 0 Å². The first-order valence-electron chi connectivity index (χ1n) is 8.56. The minimum atomic E-state index is -0.363. The maximum Gasteiger partial charge on any atom is 0.280 e. The van der Waals surface area contributed by atoms with Gasteiger partial charge in [0.25, 0.3) is 5.91 Å². The van der Waals surface area contributed by atoms with Crippen molar-refractivity contribution in [3.63, 3.8) is 0 Å². The van der Waals surface area contributed by atoms with Crippen molar-refractivity contribution < 1.29 is 9.53 Å². The number of amides is 1. The maximum absolute atomic E-state index is 12.9. The molecule has 1 N–H and O–H groups in total. The molecule has 0 saturated heterocycles. The summed E-state index contributed by atoms with van der Waals surface area (Å²) < 4.78 is 7.25. The summed E-state index contributed by atoms with van der Waals surface area (Å²) in [5, 5.41) is 7.87. The Kier molecular flexibility index (Phi) is 5.66. The van der Waals surface area contributed by atoms with Crippen LogP contribution >= 0.6 is 11.6 Å². The SMILES string of the molecule is CCOc1cn(-c2ccccc2)nc1C(=O)Nc1cccc(Cl)c1N(C)C. The maximum atomic E-state index is 12.9. The van der Waals surface area contributed by atoms with Crippen molar-refractivity contribution >= 4 is 28.9 Å². The van der Waals surface area contributed by atoms with E-state index in [4.69, 9.17) is 16.3 Å². The molecule has 1 heterocycles. The Morgan fingerprint density at radius 3 is 2.59 bits per heavy atom. The zero-order valence-corrected chi connectivity index (χ0v) is 16.2. The predicted molar refractivity (Wildman–Crippen MR) is 108 cm³/mol. The molecule has 0 atom stereocenters. The van der Waals surface area contributed by atoms with Crippen molar-refractivity contribution in [1.29, 1.82) is 0 Å². The van der Waals surface area contributed by atoms with E-state index in [0.717, 1.165) is 11.4 Å². The molecule has 2 aromatic carbocycles. The highest BCUT2D eigenvalue weighted by Crippen LogP contribution is 2.33. The van der Waals surface area contributed by atoms with Gasteiger partial charge in [-0.1, -0.05) is 35.9 Å². The van der Waals surface area contributed by atoms with Crippen LogP contribution < -0.4 is 15.0 Å². The molecule has 0 aliphatic heterocycles. The molecule has 3 rings (SSSR count). The second-order valence-corrected chi connectivity index (χ2v) is 6.45. The number of halogens is 1. The van der Waals surface area contributed by atoms with E-state index < -0.39 is 0 Å². The monoisotopic (exact) mass is 384 g/mol. The molecular formula is C20H21ClN4O2. The number of para-hydroxylation sites is 2. The van der Waals surface area contributed by atoms with Crippen LogP contribution in [-0.4, -0.2) is 36.4 Å². The fourth-order valence-electron chi connectivity index (χ4n) is 2.74. The molecule has 0 aliphatic rings. The first-order chi connectivity index (χ1) is 13.0. The molecule has 0 bridgehead atoms. The van der Waals surface area contributed by atoms with Gasteiger partial charge in [0.1, 0.15) is 0 Å². The lowest BCUT2D eigenvalue weighted by atomic mass is 10.2. The highest BCUT2D eigenvalue weighted by Gasteiger charge is 2.21. The molecule has 0 spiro atoms. The van der Waals surface area contributed by atoms with Gasteiger partial charge < -0.3 is 15.0 Å². The van der Waals surface area contributed by atoms with Crippen LogP contribution in [-0.2, 0) is 0 Å². The van der Waals surface area contributed by atoms with Crippen molar-refractivity contribution in [2.24, 2.45) is 0 Å². The van der Waals surface area contributed by atoms with Crippen molar-refractivity contribution in [2.45, 2.75) is 6.92 Å². The third kappa shape index (κ3) is 4.06. The predicted octanol–water partition coefficient (Wildman–Crippen LogP) is 4.24. The lowest BCUT2D eigenvalue weighted by Crippen LogP contribution is -2.18. The van der Waals surface area contributed by atoms with Gasteiger partial charge >= 0.3 is 0 Å². The van der Waals surface area contributed by atoms with Crippen LogP contribution in [0.3, 0.4) is 0 Å². The fourth-order valence-corrected chi connectivity index (χ4v) is 3.09. The van der Waals surface area contributed by atoms with Crippen LogP contribution in [0.15, 0.2) is 54.7 Å². The summed E-state index contributed by atoms with van der Waals surface area (Å²) in [6, 6.07) is 14.9. The summed E-state index contributed by atoms with van der Waals surface area (Å²) in [4.78, 5) is 14.8. The topological polar surface area (TPSA) is 59.4 Å². The first kappa shape index (κ1) is 18.8. The molecule has 0 radical (unpaired) electrons. The smallest absolute Gasteiger partial charge is 0.280 e. The molecular weight excluding hydrogens is 364 g/mol. The molecule has 0 saturated carbocycles. The number of hydrogen-bond donors (Lipinski definition) is 1. The number of benzene rings is 2. The average molecular weight is 385 g/mol. The summed E-state index contributed by atoms with van der Waals surface area (Å²) in [6.45, 7) is 2.30. The quantitative estimate of drug-likeness (QED) is 0.690. The third-order valence-electron chi connectivity index (χ3n) is 3.90. The molecule has 3 aromatic rings. The fraction of sp³-hybridized carbons (Fsp3) is 0.200. The molecule has 7 heteroatoms. The molecule has 27 heavy (non-hydrogen) atoms. The summed E-state index contributed by atoms with van der Waals surface area (Å²) in [5.74, 6) is 0.0609. The van der Waals surface area contributed by atoms with Gasteiger partial charge in [-0.3, -0.25) is 4.79 Å². The van der Waals surface area contributed by atoms with Crippen LogP contribution in [0.2, 0.25) is 5.02 Å². The van der Waals surface area contributed by atoms with Gasteiger partial charge in [0.2, 0.25) is 0 Å². The highest BCUT2D eigenvalue weighted by atomic mass is 35.5. The van der Waals surface area contributed by atoms with Crippen LogP contribution in [0.25, 0.3) is 5.69 Å². The largest absolute Gasteiger partial charge is 0.490 e. The lowest BCUT2D eigenvalue weighted by Gasteiger charge is -2.19. The van der Waals surface area contributed by atoms with E-state index in [1.165, 1.54) is 0 Å². The first-order valence-corrected chi connectivity index (χ1v) is 8.94. The average Bonchev–Trinajstić information content (AvgIpc) is 3.07. The number of nitrogens with zero attached hydrogens (tertiary/aromatic N) is 3. The number of rotatable bonds is 6. The van der Waals surface area contributed by atoms with E-state index in [9.17, 15) is 4.79 Å². The molecule has 6 nitrogen and oxygen atoms in total. The number of anilines is 2. The Balaban J connectivity index is 1.95. The number of aromatic nitrogens is 2. The molecule has 1 amide bonds. The van der Waals surface area contributed by atoms with Gasteiger partial charge in [0.05, 0.1) is 34.9 Å². The standard InChI is InChI=1S/C20H21ClN4O2/c1-4-27-17-13-25(14-9-6-5-7-10-14)23-18(17)20(26)22-16-12-8-11-15(21)19(16)24(2)3/h5-13H,4H2,1-3H3,(H,22,26). The van der Waals surface area contributed by atoms with Crippen LogP contribution in [0.5, 0.6) is 5.75 Å². The van der Waals surface area contributed by atoms with E-state index in [-0.39, 0.29) is 11.6 Å². The molecule has 1 aromatic heterocycles. The second-order valence-electron chi connectivity index (χ2n) is 6.04. The van der Waals surface area contributed by atoms with E-state index in [0.29, 0.717) is 23.1 Å². The Bertz CT molecular complexity index is 938.